The number of methoxy groups -OCH3 is 1. The molecule has 1 aliphatic heterocycles. The van der Waals surface area contributed by atoms with Gasteiger partial charge in [0.2, 0.25) is 5.91 Å². The van der Waals surface area contributed by atoms with Crippen LogP contribution in [0.1, 0.15) is 75.6 Å². The Morgan fingerprint density at radius 1 is 1.16 bits per heavy atom. The first-order valence-corrected chi connectivity index (χ1v) is 11.4. The zero-order valence-electron chi connectivity index (χ0n) is 19.7. The summed E-state index contributed by atoms with van der Waals surface area (Å²) in [7, 11) is 1.35. The van der Waals surface area contributed by atoms with Gasteiger partial charge in [-0.3, -0.25) is 4.79 Å². The van der Waals surface area contributed by atoms with Crippen LogP contribution in [0.25, 0.3) is 0 Å². The number of anilines is 1. The van der Waals surface area contributed by atoms with Crippen molar-refractivity contribution in [3.63, 3.8) is 0 Å². The Morgan fingerprint density at radius 3 is 2.56 bits per heavy atom. The van der Waals surface area contributed by atoms with E-state index in [1.54, 1.807) is 25.1 Å². The molecule has 1 aliphatic rings. The summed E-state index contributed by atoms with van der Waals surface area (Å²) >= 11 is 0. The van der Waals surface area contributed by atoms with Crippen molar-refractivity contribution in [2.75, 3.05) is 25.5 Å². The molecule has 176 valence electrons. The summed E-state index contributed by atoms with van der Waals surface area (Å²) in [5.74, 6) is 0.646. The molecule has 1 fully saturated rings. The first-order valence-electron chi connectivity index (χ1n) is 11.4. The number of likely N-dealkylation sites (tertiary alicyclic amines) is 1. The molecule has 1 amide bonds. The van der Waals surface area contributed by atoms with Gasteiger partial charge in [-0.05, 0) is 57.7 Å². The van der Waals surface area contributed by atoms with Crippen molar-refractivity contribution in [3.05, 3.63) is 42.2 Å². The van der Waals surface area contributed by atoms with Crippen LogP contribution in [0, 0.1) is 0 Å². The van der Waals surface area contributed by atoms with Gasteiger partial charge in [0, 0.05) is 31.6 Å². The molecule has 2 N–H and O–H groups in total. The van der Waals surface area contributed by atoms with Gasteiger partial charge in [0.1, 0.15) is 5.78 Å². The molecule has 0 saturated carbocycles. The van der Waals surface area contributed by atoms with Crippen LogP contribution in [0.3, 0.4) is 0 Å². The van der Waals surface area contributed by atoms with Crippen molar-refractivity contribution in [1.29, 1.82) is 0 Å². The maximum Gasteiger partial charge on any atom is 0.337 e. The maximum atomic E-state index is 12.8. The maximum absolute atomic E-state index is 12.8. The van der Waals surface area contributed by atoms with E-state index in [4.69, 9.17) is 4.74 Å². The minimum absolute atomic E-state index is 0.197. The fourth-order valence-corrected chi connectivity index (χ4v) is 4.13. The monoisotopic (exact) mass is 443 g/mol. The number of nitrogens with one attached hydrogen (secondary N) is 2. The number of Topliss-reactive ketones (excluding diaryl/α,β-unsaturated/α-hetero) is 1. The quantitative estimate of drug-likeness (QED) is 0.350. The van der Waals surface area contributed by atoms with Crippen molar-refractivity contribution in [1.82, 2.24) is 10.2 Å². The summed E-state index contributed by atoms with van der Waals surface area (Å²) in [5.41, 5.74) is 0.940. The molecule has 32 heavy (non-hydrogen) atoms. The number of ether oxygens (including phenoxy) is 1. The summed E-state index contributed by atoms with van der Waals surface area (Å²) < 4.78 is 4.76. The highest BCUT2D eigenvalue weighted by Crippen LogP contribution is 2.29. The first-order chi connectivity index (χ1) is 15.2. The zero-order valence-corrected chi connectivity index (χ0v) is 19.7. The van der Waals surface area contributed by atoms with Crippen LogP contribution in [0.15, 0.2) is 36.7 Å². The Hall–Kier alpha value is -2.83. The van der Waals surface area contributed by atoms with Crippen LogP contribution >= 0.6 is 0 Å². The third-order valence-electron chi connectivity index (χ3n) is 5.98. The van der Waals surface area contributed by atoms with Gasteiger partial charge in [-0.1, -0.05) is 25.5 Å². The van der Waals surface area contributed by atoms with E-state index in [2.05, 4.69) is 24.1 Å². The molecule has 0 unspecified atom stereocenters. The second-order valence-electron chi connectivity index (χ2n) is 8.79. The number of ketones is 1. The van der Waals surface area contributed by atoms with Gasteiger partial charge in [-0.2, -0.15) is 0 Å². The molecule has 1 heterocycles. The lowest BCUT2D eigenvalue weighted by Crippen LogP contribution is -2.51. The van der Waals surface area contributed by atoms with E-state index in [9.17, 15) is 14.4 Å². The Bertz CT molecular complexity index is 823. The number of amides is 1. The Balaban J connectivity index is 1.80. The van der Waals surface area contributed by atoms with Crippen molar-refractivity contribution in [2.45, 2.75) is 70.8 Å². The van der Waals surface area contributed by atoms with Crippen molar-refractivity contribution in [3.8, 4) is 0 Å². The molecule has 0 aromatic heterocycles. The number of unbranched alkanes of at least 4 members (excludes halogenated alkanes) is 3. The van der Waals surface area contributed by atoms with E-state index >= 15 is 0 Å². The molecule has 7 nitrogen and oxygen atoms in total. The third-order valence-corrected chi connectivity index (χ3v) is 5.98. The zero-order chi connectivity index (χ0) is 23.6. The number of benzene rings is 1. The second kappa shape index (κ2) is 12.3. The minimum atomic E-state index is -0.390. The molecule has 0 radical (unpaired) electrons. The predicted octanol–water partition coefficient (Wildman–Crippen LogP) is 4.26. The normalized spacial score (nSPS) is 17.7. The second-order valence-corrected chi connectivity index (χ2v) is 8.79. The fourth-order valence-electron chi connectivity index (χ4n) is 4.13. The van der Waals surface area contributed by atoms with Gasteiger partial charge in [-0.15, -0.1) is 0 Å². The summed E-state index contributed by atoms with van der Waals surface area (Å²) in [4.78, 5) is 37.5. The molecule has 0 bridgehead atoms. The van der Waals surface area contributed by atoms with Crippen LogP contribution < -0.4 is 10.6 Å². The molecule has 0 aliphatic carbocycles. The lowest BCUT2D eigenvalue weighted by atomic mass is 9.98. The number of carbonyl (C=O) groups is 3. The van der Waals surface area contributed by atoms with Gasteiger partial charge in [0.05, 0.1) is 24.0 Å². The number of hydrogen-bond donors (Lipinski definition) is 2. The third kappa shape index (κ3) is 7.70. The minimum Gasteiger partial charge on any atom is -0.465 e. The molecule has 1 aromatic carbocycles. The van der Waals surface area contributed by atoms with Crippen LogP contribution in [0.5, 0.6) is 0 Å². The van der Waals surface area contributed by atoms with Crippen molar-refractivity contribution in [2.24, 2.45) is 0 Å². The average molecular weight is 444 g/mol. The molecular formula is C25H37N3O4. The van der Waals surface area contributed by atoms with Gasteiger partial charge in [-0.25, -0.2) is 4.79 Å². The number of hydrogen-bond acceptors (Lipinski definition) is 6. The van der Waals surface area contributed by atoms with Gasteiger partial charge in [0.15, 0.2) is 0 Å². The fraction of sp³-hybridized carbons (Fsp3) is 0.560. The van der Waals surface area contributed by atoms with Crippen LogP contribution in [-0.2, 0) is 14.3 Å². The standard InChI is InChI=1S/C25H37N3O4/c1-19(29)11-7-5-6-8-14-23(30)28-16-10-15-25(28,3)18-26-20(2)27-22-13-9-12-21(17-22)24(31)32-4/h9,12-13,17,26-27H,2,5-8,10-11,14-16,18H2,1,3-4H3/t25-/m0/s1. The summed E-state index contributed by atoms with van der Waals surface area (Å²) in [6, 6.07) is 7.03. The molecular weight excluding hydrogens is 406 g/mol. The first kappa shape index (κ1) is 25.4. The summed E-state index contributed by atoms with van der Waals surface area (Å²) in [6.45, 7) is 9.14. The van der Waals surface area contributed by atoms with Crippen LogP contribution in [-0.4, -0.2) is 48.3 Å². The number of carbonyl (C=O) groups excluding carboxylic acids is 3. The van der Waals surface area contributed by atoms with Crippen LogP contribution in [0.4, 0.5) is 5.69 Å². The van der Waals surface area contributed by atoms with E-state index in [0.717, 1.165) is 50.8 Å². The topological polar surface area (TPSA) is 87.7 Å². The molecule has 0 spiro atoms. The lowest BCUT2D eigenvalue weighted by Gasteiger charge is -2.36. The van der Waals surface area contributed by atoms with E-state index in [0.29, 0.717) is 30.8 Å². The molecule has 2 rings (SSSR count). The van der Waals surface area contributed by atoms with Crippen molar-refractivity contribution < 1.29 is 19.1 Å². The smallest absolute Gasteiger partial charge is 0.337 e. The average Bonchev–Trinajstić information content (AvgIpc) is 3.16. The summed E-state index contributed by atoms with van der Waals surface area (Å²) in [6.07, 6.45) is 6.86. The van der Waals surface area contributed by atoms with Crippen LogP contribution in [0.2, 0.25) is 0 Å². The Morgan fingerprint density at radius 2 is 1.88 bits per heavy atom. The largest absolute Gasteiger partial charge is 0.465 e. The lowest BCUT2D eigenvalue weighted by molar-refractivity contribution is -0.134. The van der Waals surface area contributed by atoms with Gasteiger partial charge < -0.3 is 25.1 Å². The summed E-state index contributed by atoms with van der Waals surface area (Å²) in [5, 5.41) is 6.48. The number of rotatable bonds is 13. The molecule has 1 aromatic rings. The molecule has 1 saturated heterocycles. The SMILES string of the molecule is C=C(NC[C@]1(C)CCCN1C(=O)CCCCCCC(C)=O)Nc1cccc(C(=O)OC)c1. The van der Waals surface area contributed by atoms with E-state index in [-0.39, 0.29) is 17.2 Å². The Kier molecular flexibility index (Phi) is 9.75. The number of nitrogens with zero attached hydrogens (tertiary/aromatic N) is 1. The van der Waals surface area contributed by atoms with E-state index < -0.39 is 5.97 Å². The van der Waals surface area contributed by atoms with E-state index in [1.807, 2.05) is 11.0 Å². The van der Waals surface area contributed by atoms with Gasteiger partial charge in [0.25, 0.3) is 0 Å². The highest BCUT2D eigenvalue weighted by atomic mass is 16.5. The van der Waals surface area contributed by atoms with E-state index in [1.165, 1.54) is 7.11 Å². The number of esters is 1. The molecule has 1 atom stereocenters. The highest BCUT2D eigenvalue weighted by Gasteiger charge is 2.39. The Labute approximate surface area is 191 Å². The highest BCUT2D eigenvalue weighted by molar-refractivity contribution is 5.90. The van der Waals surface area contributed by atoms with Gasteiger partial charge >= 0.3 is 5.97 Å². The molecule has 7 heteroatoms. The predicted molar refractivity (Wildman–Crippen MR) is 126 cm³/mol. The van der Waals surface area contributed by atoms with Crippen molar-refractivity contribution >= 4 is 23.3 Å².